The summed E-state index contributed by atoms with van der Waals surface area (Å²) in [4.78, 5) is 28.5. The van der Waals surface area contributed by atoms with E-state index < -0.39 is 0 Å². The van der Waals surface area contributed by atoms with Crippen molar-refractivity contribution in [2.45, 2.75) is 25.9 Å². The molecule has 0 saturated heterocycles. The zero-order valence-electron chi connectivity index (χ0n) is 13.8. The lowest BCUT2D eigenvalue weighted by molar-refractivity contribution is -0.121. The minimum absolute atomic E-state index is 0.0841. The van der Waals surface area contributed by atoms with E-state index in [0.717, 1.165) is 16.6 Å². The van der Waals surface area contributed by atoms with E-state index >= 15 is 0 Å². The van der Waals surface area contributed by atoms with Gasteiger partial charge >= 0.3 is 5.69 Å². The first-order valence-corrected chi connectivity index (χ1v) is 7.91. The Labute approximate surface area is 139 Å². The van der Waals surface area contributed by atoms with E-state index in [4.69, 9.17) is 0 Å². The number of rotatable bonds is 5. The molecule has 1 N–H and O–H groups in total. The maximum absolute atomic E-state index is 12.3. The summed E-state index contributed by atoms with van der Waals surface area (Å²) in [6.07, 6.45) is 3.66. The fourth-order valence-electron chi connectivity index (χ4n) is 2.84. The second-order valence-corrected chi connectivity index (χ2v) is 5.80. The molecular weight excluding hydrogens is 304 g/mol. The number of fused-ring (bicyclic) bond motifs is 1. The van der Waals surface area contributed by atoms with Crippen molar-refractivity contribution in [3.05, 3.63) is 64.8 Å². The quantitative estimate of drug-likeness (QED) is 0.780. The van der Waals surface area contributed by atoms with E-state index in [1.807, 2.05) is 43.3 Å². The third kappa shape index (κ3) is 3.08. The van der Waals surface area contributed by atoms with Crippen LogP contribution < -0.4 is 11.0 Å². The Balaban J connectivity index is 1.69. The second kappa shape index (κ2) is 6.70. The number of benzene rings is 1. The third-order valence-corrected chi connectivity index (χ3v) is 4.20. The first-order chi connectivity index (χ1) is 11.6. The lowest BCUT2D eigenvalue weighted by Gasteiger charge is -2.14. The highest BCUT2D eigenvalue weighted by molar-refractivity contribution is 5.78. The number of hydrogen-bond acceptors (Lipinski definition) is 3. The van der Waals surface area contributed by atoms with Gasteiger partial charge in [-0.05, 0) is 36.8 Å². The molecule has 2 aromatic heterocycles. The van der Waals surface area contributed by atoms with Crippen molar-refractivity contribution >= 4 is 16.9 Å². The number of aromatic nitrogens is 3. The molecule has 6 heteroatoms. The van der Waals surface area contributed by atoms with Crippen molar-refractivity contribution in [3.63, 3.8) is 0 Å². The molecule has 0 aliphatic heterocycles. The Bertz CT molecular complexity index is 912. The smallest absolute Gasteiger partial charge is 0.328 e. The summed E-state index contributed by atoms with van der Waals surface area (Å²) in [5, 5.41) is 2.95. The van der Waals surface area contributed by atoms with Crippen LogP contribution >= 0.6 is 0 Å². The predicted octanol–water partition coefficient (Wildman–Crippen LogP) is 2.00. The first-order valence-electron chi connectivity index (χ1n) is 7.91. The number of pyridine rings is 1. The molecule has 0 spiro atoms. The van der Waals surface area contributed by atoms with Crippen molar-refractivity contribution in [2.75, 3.05) is 0 Å². The maximum Gasteiger partial charge on any atom is 0.328 e. The molecular formula is C18H20N4O2. The van der Waals surface area contributed by atoms with Crippen LogP contribution in [0.5, 0.6) is 0 Å². The number of carbonyl (C=O) groups excluding carboxylic acids is 1. The molecule has 24 heavy (non-hydrogen) atoms. The van der Waals surface area contributed by atoms with Gasteiger partial charge in [0.2, 0.25) is 5.91 Å². The fourth-order valence-corrected chi connectivity index (χ4v) is 2.84. The van der Waals surface area contributed by atoms with E-state index in [0.29, 0.717) is 6.54 Å². The number of nitrogens with zero attached hydrogens (tertiary/aromatic N) is 3. The molecule has 2 heterocycles. The van der Waals surface area contributed by atoms with E-state index in [1.54, 1.807) is 28.6 Å². The summed E-state index contributed by atoms with van der Waals surface area (Å²) < 4.78 is 3.25. The van der Waals surface area contributed by atoms with Crippen molar-refractivity contribution in [3.8, 4) is 0 Å². The average Bonchev–Trinajstić information content (AvgIpc) is 2.85. The van der Waals surface area contributed by atoms with Crippen LogP contribution in [0.3, 0.4) is 0 Å². The number of nitrogens with one attached hydrogen (secondary N) is 1. The van der Waals surface area contributed by atoms with Gasteiger partial charge in [0, 0.05) is 32.4 Å². The number of aryl methyl sites for hydroxylation is 2. The molecule has 0 aliphatic rings. The van der Waals surface area contributed by atoms with Gasteiger partial charge in [-0.1, -0.05) is 12.1 Å². The Morgan fingerprint density at radius 3 is 2.54 bits per heavy atom. The van der Waals surface area contributed by atoms with Gasteiger partial charge in [-0.2, -0.15) is 0 Å². The molecule has 0 radical (unpaired) electrons. The highest BCUT2D eigenvalue weighted by atomic mass is 16.2. The Kier molecular flexibility index (Phi) is 4.46. The summed E-state index contributed by atoms with van der Waals surface area (Å²) in [5.41, 5.74) is 2.61. The summed E-state index contributed by atoms with van der Waals surface area (Å²) in [6.45, 7) is 2.28. The van der Waals surface area contributed by atoms with Gasteiger partial charge in [-0.15, -0.1) is 0 Å². The summed E-state index contributed by atoms with van der Waals surface area (Å²) in [6, 6.07) is 11.2. The molecule has 0 bridgehead atoms. The Morgan fingerprint density at radius 1 is 1.17 bits per heavy atom. The fraction of sp³-hybridized carbons (Fsp3) is 0.278. The Hall–Kier alpha value is -2.89. The van der Waals surface area contributed by atoms with Crippen LogP contribution in [0, 0.1) is 0 Å². The van der Waals surface area contributed by atoms with Crippen LogP contribution in [-0.4, -0.2) is 20.0 Å². The average molecular weight is 324 g/mol. The van der Waals surface area contributed by atoms with Crippen LogP contribution in [0.4, 0.5) is 0 Å². The molecule has 6 nitrogen and oxygen atoms in total. The van der Waals surface area contributed by atoms with Gasteiger partial charge in [0.15, 0.2) is 0 Å². The van der Waals surface area contributed by atoms with E-state index in [-0.39, 0.29) is 24.1 Å². The zero-order chi connectivity index (χ0) is 17.1. The van der Waals surface area contributed by atoms with Gasteiger partial charge in [-0.25, -0.2) is 4.79 Å². The van der Waals surface area contributed by atoms with Gasteiger partial charge < -0.3 is 5.32 Å². The zero-order valence-corrected chi connectivity index (χ0v) is 13.8. The van der Waals surface area contributed by atoms with Crippen LogP contribution in [0.2, 0.25) is 0 Å². The van der Waals surface area contributed by atoms with E-state index in [1.165, 1.54) is 0 Å². The highest BCUT2D eigenvalue weighted by Crippen LogP contribution is 2.13. The molecule has 0 aliphatic carbocycles. The first kappa shape index (κ1) is 16.0. The molecule has 124 valence electrons. The number of amides is 1. The minimum Gasteiger partial charge on any atom is -0.350 e. The van der Waals surface area contributed by atoms with Crippen LogP contribution in [0.1, 0.15) is 24.9 Å². The lowest BCUT2D eigenvalue weighted by atomic mass is 10.1. The van der Waals surface area contributed by atoms with E-state index in [9.17, 15) is 9.59 Å². The standard InChI is InChI=1S/C18H20N4O2/c1-13(14-7-10-19-11-8-14)20-17(23)9-12-22-16-6-4-3-5-15(16)21(2)18(22)24/h3-8,10-11,13H,9,12H2,1-2H3,(H,20,23). The van der Waals surface area contributed by atoms with Crippen molar-refractivity contribution in [2.24, 2.45) is 7.05 Å². The molecule has 0 saturated carbocycles. The normalized spacial score (nSPS) is 12.2. The summed E-state index contributed by atoms with van der Waals surface area (Å²) in [7, 11) is 1.74. The van der Waals surface area contributed by atoms with E-state index in [2.05, 4.69) is 10.3 Å². The van der Waals surface area contributed by atoms with Crippen LogP contribution in [0.25, 0.3) is 11.0 Å². The van der Waals surface area contributed by atoms with Gasteiger partial charge in [0.05, 0.1) is 17.1 Å². The Morgan fingerprint density at radius 2 is 1.83 bits per heavy atom. The summed E-state index contributed by atoms with van der Waals surface area (Å²) >= 11 is 0. The SMILES string of the molecule is CC(NC(=O)CCn1c(=O)n(C)c2ccccc21)c1ccncc1. The molecule has 1 unspecified atom stereocenters. The second-order valence-electron chi connectivity index (χ2n) is 5.80. The molecule has 3 aromatic rings. The van der Waals surface area contributed by atoms with Gasteiger partial charge in [0.1, 0.15) is 0 Å². The molecule has 1 amide bonds. The molecule has 1 atom stereocenters. The topological polar surface area (TPSA) is 68.9 Å². The van der Waals surface area contributed by atoms with Crippen LogP contribution in [-0.2, 0) is 18.4 Å². The number of hydrogen-bond donors (Lipinski definition) is 1. The van der Waals surface area contributed by atoms with Crippen molar-refractivity contribution in [1.29, 1.82) is 0 Å². The van der Waals surface area contributed by atoms with Gasteiger partial charge in [0.25, 0.3) is 0 Å². The largest absolute Gasteiger partial charge is 0.350 e. The molecule has 1 aromatic carbocycles. The maximum atomic E-state index is 12.3. The van der Waals surface area contributed by atoms with Crippen molar-refractivity contribution in [1.82, 2.24) is 19.4 Å². The van der Waals surface area contributed by atoms with Crippen molar-refractivity contribution < 1.29 is 4.79 Å². The molecule has 0 fully saturated rings. The van der Waals surface area contributed by atoms with Crippen LogP contribution in [0.15, 0.2) is 53.6 Å². The number of carbonyl (C=O) groups is 1. The van der Waals surface area contributed by atoms with Gasteiger partial charge in [-0.3, -0.25) is 18.9 Å². The highest BCUT2D eigenvalue weighted by Gasteiger charge is 2.13. The predicted molar refractivity (Wildman–Crippen MR) is 92.6 cm³/mol. The minimum atomic E-state index is -0.105. The lowest BCUT2D eigenvalue weighted by Crippen LogP contribution is -2.29. The summed E-state index contributed by atoms with van der Waals surface area (Å²) in [5.74, 6) is -0.0841. The monoisotopic (exact) mass is 324 g/mol. The number of para-hydroxylation sites is 2. The molecule has 3 rings (SSSR count). The number of imidazole rings is 1. The third-order valence-electron chi connectivity index (χ3n) is 4.20.